The van der Waals surface area contributed by atoms with Crippen LogP contribution in [0.5, 0.6) is 0 Å². The quantitative estimate of drug-likeness (QED) is 0.698. The number of hydrogen-bond donors (Lipinski definition) is 2. The maximum absolute atomic E-state index is 12.9. The van der Waals surface area contributed by atoms with Gasteiger partial charge in [0.25, 0.3) is 5.91 Å². The van der Waals surface area contributed by atoms with Crippen molar-refractivity contribution >= 4 is 21.8 Å². The van der Waals surface area contributed by atoms with Crippen LogP contribution in [0.25, 0.3) is 0 Å². The fourth-order valence-electron chi connectivity index (χ4n) is 2.31. The van der Waals surface area contributed by atoms with E-state index in [4.69, 9.17) is 0 Å². The van der Waals surface area contributed by atoms with Gasteiger partial charge in [-0.3, -0.25) is 4.79 Å². The molecule has 28 heavy (non-hydrogen) atoms. The third-order valence-electron chi connectivity index (χ3n) is 3.77. The number of hydrogen-bond acceptors (Lipinski definition) is 5. The molecule has 0 bridgehead atoms. The number of halogens is 1. The first-order valence-corrected chi connectivity index (χ1v) is 10.2. The normalized spacial score (nSPS) is 10.9. The molecule has 150 valence electrons. The lowest BCUT2D eigenvalue weighted by molar-refractivity contribution is 0.0954. The van der Waals surface area contributed by atoms with Crippen LogP contribution < -0.4 is 10.6 Å². The molecule has 2 rings (SSSR count). The molecule has 0 aromatic heterocycles. The van der Waals surface area contributed by atoms with Crippen LogP contribution in [-0.4, -0.2) is 39.4 Å². The van der Waals surface area contributed by atoms with Gasteiger partial charge in [-0.1, -0.05) is 12.1 Å². The third-order valence-corrected chi connectivity index (χ3v) is 5.28. The first-order chi connectivity index (χ1) is 13.3. The number of amides is 2. The molecule has 7 nitrogen and oxygen atoms in total. The van der Waals surface area contributed by atoms with E-state index in [-0.39, 0.29) is 17.4 Å². The Morgan fingerprint density at radius 1 is 1.00 bits per heavy atom. The van der Waals surface area contributed by atoms with Gasteiger partial charge < -0.3 is 15.4 Å². The molecule has 0 heterocycles. The topological polar surface area (TPSA) is 102 Å². The fraction of sp³-hybridized carbons (Fsp3) is 0.263. The lowest BCUT2D eigenvalue weighted by Crippen LogP contribution is -2.30. The number of sulfone groups is 1. The van der Waals surface area contributed by atoms with E-state index in [1.165, 1.54) is 36.4 Å². The first-order valence-electron chi connectivity index (χ1n) is 8.58. The highest BCUT2D eigenvalue weighted by molar-refractivity contribution is 7.91. The molecule has 2 aromatic carbocycles. The van der Waals surface area contributed by atoms with E-state index in [1.807, 2.05) is 0 Å². The Hall–Kier alpha value is -2.94. The second-order valence-corrected chi connectivity index (χ2v) is 7.80. The average molecular weight is 408 g/mol. The number of carbonyl (C=O) groups is 2. The average Bonchev–Trinajstić information content (AvgIpc) is 2.67. The van der Waals surface area contributed by atoms with Crippen molar-refractivity contribution < 1.29 is 27.1 Å². The molecule has 0 unspecified atom stereocenters. The molecule has 0 aliphatic rings. The van der Waals surface area contributed by atoms with Crippen LogP contribution in [0.15, 0.2) is 53.4 Å². The number of benzene rings is 2. The summed E-state index contributed by atoms with van der Waals surface area (Å²) in [6.07, 6.45) is -0.298. The predicted molar refractivity (Wildman–Crippen MR) is 101 cm³/mol. The van der Waals surface area contributed by atoms with Crippen molar-refractivity contribution in [2.75, 3.05) is 19.0 Å². The highest BCUT2D eigenvalue weighted by atomic mass is 32.2. The van der Waals surface area contributed by atoms with E-state index < -0.39 is 27.6 Å². The lowest BCUT2D eigenvalue weighted by Gasteiger charge is -2.08. The zero-order valence-electron chi connectivity index (χ0n) is 15.3. The van der Waals surface area contributed by atoms with Gasteiger partial charge in [-0.2, -0.15) is 0 Å². The van der Waals surface area contributed by atoms with Crippen molar-refractivity contribution in [3.63, 3.8) is 0 Å². The summed E-state index contributed by atoms with van der Waals surface area (Å²) in [6, 6.07) is 11.4. The van der Waals surface area contributed by atoms with E-state index in [0.29, 0.717) is 18.5 Å². The molecule has 0 aliphatic carbocycles. The number of nitrogens with one attached hydrogen (secondary N) is 2. The van der Waals surface area contributed by atoms with E-state index in [9.17, 15) is 22.4 Å². The molecule has 0 saturated carbocycles. The summed E-state index contributed by atoms with van der Waals surface area (Å²) >= 11 is 0. The summed E-state index contributed by atoms with van der Waals surface area (Å²) < 4.78 is 41.9. The van der Waals surface area contributed by atoms with Crippen molar-refractivity contribution in [3.8, 4) is 0 Å². The maximum atomic E-state index is 12.9. The molecule has 9 heteroatoms. The van der Waals surface area contributed by atoms with Crippen LogP contribution in [0.2, 0.25) is 0 Å². The standard InChI is InChI=1S/C19H21FN2O5S/c1-2-27-19(24)22-13-28(25,26)17-9-3-14(4-10-17)11-12-21-18(23)15-5-7-16(20)8-6-15/h3-10H,2,11-13H2,1H3,(H,21,23)(H,22,24). The van der Waals surface area contributed by atoms with Gasteiger partial charge in [-0.25, -0.2) is 17.6 Å². The molecule has 0 saturated heterocycles. The Morgan fingerprint density at radius 2 is 1.64 bits per heavy atom. The Kier molecular flexibility index (Phi) is 7.51. The summed E-state index contributed by atoms with van der Waals surface area (Å²) in [5.41, 5.74) is 1.19. The molecule has 0 aliphatic heterocycles. The minimum Gasteiger partial charge on any atom is -0.450 e. The minimum atomic E-state index is -3.68. The Morgan fingerprint density at radius 3 is 2.25 bits per heavy atom. The Labute approximate surface area is 162 Å². The van der Waals surface area contributed by atoms with Gasteiger partial charge in [0, 0.05) is 12.1 Å². The van der Waals surface area contributed by atoms with Crippen LogP contribution in [0, 0.1) is 5.82 Å². The monoisotopic (exact) mass is 408 g/mol. The van der Waals surface area contributed by atoms with Gasteiger partial charge in [-0.15, -0.1) is 0 Å². The van der Waals surface area contributed by atoms with Crippen LogP contribution in [0.3, 0.4) is 0 Å². The molecular weight excluding hydrogens is 387 g/mol. The molecule has 0 atom stereocenters. The predicted octanol–water partition coefficient (Wildman–Crippen LogP) is 2.28. The van der Waals surface area contributed by atoms with Gasteiger partial charge in [0.2, 0.25) is 0 Å². The Bertz CT molecular complexity index is 912. The van der Waals surface area contributed by atoms with Crippen molar-refractivity contribution in [3.05, 3.63) is 65.5 Å². The van der Waals surface area contributed by atoms with Crippen molar-refractivity contribution in [2.45, 2.75) is 18.2 Å². The highest BCUT2D eigenvalue weighted by Crippen LogP contribution is 2.12. The third kappa shape index (κ3) is 6.34. The molecule has 0 radical (unpaired) electrons. The van der Waals surface area contributed by atoms with Gasteiger partial charge in [0.05, 0.1) is 11.5 Å². The van der Waals surface area contributed by atoms with Crippen molar-refractivity contribution in [2.24, 2.45) is 0 Å². The maximum Gasteiger partial charge on any atom is 0.407 e. The van der Waals surface area contributed by atoms with Gasteiger partial charge in [-0.05, 0) is 55.3 Å². The molecule has 0 spiro atoms. The summed E-state index contributed by atoms with van der Waals surface area (Å²) in [7, 11) is -3.68. The number of ether oxygens (including phenoxy) is 1. The molecule has 2 N–H and O–H groups in total. The summed E-state index contributed by atoms with van der Waals surface area (Å²) in [5, 5.41) is 4.90. The number of rotatable bonds is 8. The van der Waals surface area contributed by atoms with Crippen LogP contribution in [0.4, 0.5) is 9.18 Å². The molecule has 2 amide bonds. The molecular formula is C19H21FN2O5S. The smallest absolute Gasteiger partial charge is 0.407 e. The number of alkyl carbamates (subject to hydrolysis) is 1. The van der Waals surface area contributed by atoms with Gasteiger partial charge in [0.1, 0.15) is 11.7 Å². The van der Waals surface area contributed by atoms with Crippen LogP contribution in [-0.2, 0) is 21.0 Å². The second kappa shape index (κ2) is 9.84. The largest absolute Gasteiger partial charge is 0.450 e. The van der Waals surface area contributed by atoms with Crippen molar-refractivity contribution in [1.29, 1.82) is 0 Å². The molecule has 2 aromatic rings. The fourth-order valence-corrected chi connectivity index (χ4v) is 3.33. The highest BCUT2D eigenvalue weighted by Gasteiger charge is 2.16. The summed E-state index contributed by atoms with van der Waals surface area (Å²) in [4.78, 5) is 23.2. The van der Waals surface area contributed by atoms with E-state index in [1.54, 1.807) is 19.1 Å². The summed E-state index contributed by atoms with van der Waals surface area (Å²) in [5.74, 6) is -1.29. The van der Waals surface area contributed by atoms with Gasteiger partial charge >= 0.3 is 6.09 Å². The van der Waals surface area contributed by atoms with Gasteiger partial charge in [0.15, 0.2) is 9.84 Å². The second-order valence-electron chi connectivity index (χ2n) is 5.81. The zero-order valence-corrected chi connectivity index (χ0v) is 16.1. The van der Waals surface area contributed by atoms with Crippen LogP contribution in [0.1, 0.15) is 22.8 Å². The lowest BCUT2D eigenvalue weighted by atomic mass is 10.1. The van der Waals surface area contributed by atoms with E-state index in [0.717, 1.165) is 5.56 Å². The van der Waals surface area contributed by atoms with Crippen LogP contribution >= 0.6 is 0 Å². The summed E-state index contributed by atoms with van der Waals surface area (Å²) in [6.45, 7) is 2.11. The van der Waals surface area contributed by atoms with E-state index in [2.05, 4.69) is 15.4 Å². The van der Waals surface area contributed by atoms with E-state index >= 15 is 0 Å². The minimum absolute atomic E-state index is 0.0726. The van der Waals surface area contributed by atoms with Crippen molar-refractivity contribution in [1.82, 2.24) is 10.6 Å². The Balaban J connectivity index is 1.85. The first kappa shape index (κ1) is 21.4. The zero-order chi connectivity index (χ0) is 20.6. The number of carbonyl (C=O) groups excluding carboxylic acids is 2. The molecule has 0 fully saturated rings. The SMILES string of the molecule is CCOC(=O)NCS(=O)(=O)c1ccc(CCNC(=O)c2ccc(F)cc2)cc1.